The molecule has 1 saturated heterocycles. The number of nitro benzene ring substituents is 1. The van der Waals surface area contributed by atoms with Crippen molar-refractivity contribution in [3.05, 3.63) is 64.2 Å². The topological polar surface area (TPSA) is 105 Å². The Hall–Kier alpha value is -3.42. The van der Waals surface area contributed by atoms with Crippen molar-refractivity contribution in [3.8, 4) is 0 Å². The number of nitro groups is 1. The number of rotatable bonds is 6. The van der Waals surface area contributed by atoms with Gasteiger partial charge in [-0.3, -0.25) is 19.7 Å². The number of hydrogen-bond acceptors (Lipinski definition) is 5. The second-order valence-corrected chi connectivity index (χ2v) is 7.71. The van der Waals surface area contributed by atoms with Crippen molar-refractivity contribution in [2.24, 2.45) is 5.92 Å². The summed E-state index contributed by atoms with van der Waals surface area (Å²) in [6, 6.07) is 12.2. The number of anilines is 2. The van der Waals surface area contributed by atoms with Crippen LogP contribution in [-0.2, 0) is 4.79 Å². The predicted molar refractivity (Wildman–Crippen MR) is 116 cm³/mol. The van der Waals surface area contributed by atoms with Crippen LogP contribution >= 0.6 is 0 Å². The Morgan fingerprint density at radius 2 is 1.80 bits per heavy atom. The van der Waals surface area contributed by atoms with Crippen LogP contribution in [0.3, 0.4) is 0 Å². The molecule has 0 unspecified atom stereocenters. The number of amides is 2. The third kappa shape index (κ3) is 5.34. The van der Waals surface area contributed by atoms with Gasteiger partial charge in [0, 0.05) is 42.2 Å². The number of non-ortho nitro benzene ring substituents is 1. The third-order valence-electron chi connectivity index (χ3n) is 5.34. The summed E-state index contributed by atoms with van der Waals surface area (Å²) in [6.45, 7) is 5.91. The second kappa shape index (κ2) is 9.39. The Morgan fingerprint density at radius 1 is 1.13 bits per heavy atom. The Labute approximate surface area is 175 Å². The zero-order valence-electron chi connectivity index (χ0n) is 17.1. The van der Waals surface area contributed by atoms with Gasteiger partial charge in [0.25, 0.3) is 11.6 Å². The van der Waals surface area contributed by atoms with Crippen LogP contribution in [0.25, 0.3) is 0 Å². The lowest BCUT2D eigenvalue weighted by atomic mass is 9.99. The van der Waals surface area contributed by atoms with E-state index in [1.165, 1.54) is 37.1 Å². The first-order valence-corrected chi connectivity index (χ1v) is 10.0. The van der Waals surface area contributed by atoms with E-state index < -0.39 is 16.9 Å². The van der Waals surface area contributed by atoms with E-state index in [2.05, 4.69) is 22.5 Å². The first kappa shape index (κ1) is 21.3. The summed E-state index contributed by atoms with van der Waals surface area (Å²) in [6.07, 6.45) is 2.36. The van der Waals surface area contributed by atoms with Crippen LogP contribution in [-0.4, -0.2) is 35.9 Å². The van der Waals surface area contributed by atoms with E-state index in [9.17, 15) is 19.7 Å². The minimum atomic E-state index is -0.806. The van der Waals surface area contributed by atoms with Crippen LogP contribution in [0.2, 0.25) is 0 Å². The third-order valence-corrected chi connectivity index (χ3v) is 5.34. The molecule has 2 N–H and O–H groups in total. The van der Waals surface area contributed by atoms with Crippen LogP contribution in [0.15, 0.2) is 48.5 Å². The molecule has 1 heterocycles. The summed E-state index contributed by atoms with van der Waals surface area (Å²) in [7, 11) is 0. The lowest BCUT2D eigenvalue weighted by molar-refractivity contribution is -0.384. The molecular weight excluding hydrogens is 384 g/mol. The molecule has 1 aliphatic heterocycles. The van der Waals surface area contributed by atoms with E-state index >= 15 is 0 Å². The van der Waals surface area contributed by atoms with Gasteiger partial charge in [0.2, 0.25) is 5.91 Å². The van der Waals surface area contributed by atoms with E-state index in [-0.39, 0.29) is 17.2 Å². The van der Waals surface area contributed by atoms with Crippen molar-refractivity contribution in [2.75, 3.05) is 23.3 Å². The molecule has 0 bridgehead atoms. The van der Waals surface area contributed by atoms with Crippen molar-refractivity contribution in [1.82, 2.24) is 5.32 Å². The molecule has 158 valence electrons. The lowest BCUT2D eigenvalue weighted by Crippen LogP contribution is -2.41. The number of benzene rings is 2. The summed E-state index contributed by atoms with van der Waals surface area (Å²) < 4.78 is 0. The Kier molecular flexibility index (Phi) is 6.66. The summed E-state index contributed by atoms with van der Waals surface area (Å²) in [5.74, 6) is -0.150. The number of nitrogens with one attached hydrogen (secondary N) is 2. The maximum atomic E-state index is 12.4. The van der Waals surface area contributed by atoms with E-state index in [1.807, 2.05) is 24.3 Å². The lowest BCUT2D eigenvalue weighted by Gasteiger charge is -2.32. The maximum absolute atomic E-state index is 12.4. The molecule has 0 aliphatic carbocycles. The fraction of sp³-hybridized carbons (Fsp3) is 0.364. The minimum Gasteiger partial charge on any atom is -0.372 e. The minimum absolute atomic E-state index is 0.129. The van der Waals surface area contributed by atoms with Gasteiger partial charge in [-0.25, -0.2) is 0 Å². The van der Waals surface area contributed by atoms with Gasteiger partial charge in [0.1, 0.15) is 6.04 Å². The number of nitrogens with zero attached hydrogens (tertiary/aromatic N) is 2. The van der Waals surface area contributed by atoms with Crippen LogP contribution in [0, 0.1) is 16.0 Å². The molecule has 2 aromatic carbocycles. The number of carbonyl (C=O) groups is 2. The van der Waals surface area contributed by atoms with Gasteiger partial charge in [-0.15, -0.1) is 0 Å². The molecular formula is C22H26N4O4. The molecule has 0 radical (unpaired) electrons. The number of hydrogen-bond donors (Lipinski definition) is 2. The molecule has 2 aromatic rings. The highest BCUT2D eigenvalue weighted by molar-refractivity contribution is 6.01. The largest absolute Gasteiger partial charge is 0.372 e. The standard InChI is InChI=1S/C22H26N4O4/c1-15-10-12-25(13-11-15)19-8-6-18(7-9-19)24-21(27)16(2)23-22(28)17-4-3-5-20(14-17)26(29)30/h3-9,14-16H,10-13H2,1-2H3,(H,23,28)(H,24,27)/t16-/m0/s1. The molecule has 0 aromatic heterocycles. The summed E-state index contributed by atoms with van der Waals surface area (Å²) in [5, 5.41) is 16.2. The molecule has 8 nitrogen and oxygen atoms in total. The fourth-order valence-electron chi connectivity index (χ4n) is 3.38. The molecule has 0 spiro atoms. The fourth-order valence-corrected chi connectivity index (χ4v) is 3.38. The second-order valence-electron chi connectivity index (χ2n) is 7.71. The predicted octanol–water partition coefficient (Wildman–Crippen LogP) is 3.59. The van der Waals surface area contributed by atoms with Gasteiger partial charge < -0.3 is 15.5 Å². The molecule has 1 fully saturated rings. The van der Waals surface area contributed by atoms with Crippen molar-refractivity contribution in [3.63, 3.8) is 0 Å². The van der Waals surface area contributed by atoms with Crippen molar-refractivity contribution < 1.29 is 14.5 Å². The first-order valence-electron chi connectivity index (χ1n) is 10.0. The zero-order chi connectivity index (χ0) is 21.7. The summed E-state index contributed by atoms with van der Waals surface area (Å²) >= 11 is 0. The number of piperidine rings is 1. The highest BCUT2D eigenvalue weighted by Gasteiger charge is 2.19. The molecule has 1 aliphatic rings. The van der Waals surface area contributed by atoms with Crippen LogP contribution < -0.4 is 15.5 Å². The van der Waals surface area contributed by atoms with Gasteiger partial charge in [0.15, 0.2) is 0 Å². The van der Waals surface area contributed by atoms with Gasteiger partial charge in [-0.2, -0.15) is 0 Å². The van der Waals surface area contributed by atoms with E-state index in [0.717, 1.165) is 24.7 Å². The van der Waals surface area contributed by atoms with Gasteiger partial charge >= 0.3 is 0 Å². The van der Waals surface area contributed by atoms with Gasteiger partial charge in [-0.05, 0) is 56.0 Å². The average molecular weight is 410 g/mol. The molecule has 8 heteroatoms. The van der Waals surface area contributed by atoms with E-state index in [4.69, 9.17) is 0 Å². The van der Waals surface area contributed by atoms with Crippen LogP contribution in [0.4, 0.5) is 17.1 Å². The average Bonchev–Trinajstić information content (AvgIpc) is 2.75. The quantitative estimate of drug-likeness (QED) is 0.559. The SMILES string of the molecule is CC1CCN(c2ccc(NC(=O)[C@H](C)NC(=O)c3cccc([N+](=O)[O-])c3)cc2)CC1. The number of carbonyl (C=O) groups excluding carboxylic acids is 2. The molecule has 2 amide bonds. The molecule has 30 heavy (non-hydrogen) atoms. The normalized spacial score (nSPS) is 15.3. The monoisotopic (exact) mass is 410 g/mol. The van der Waals surface area contributed by atoms with Crippen LogP contribution in [0.5, 0.6) is 0 Å². The van der Waals surface area contributed by atoms with Crippen molar-refractivity contribution >= 4 is 28.9 Å². The van der Waals surface area contributed by atoms with Crippen LogP contribution in [0.1, 0.15) is 37.0 Å². The van der Waals surface area contributed by atoms with Gasteiger partial charge in [-0.1, -0.05) is 13.0 Å². The van der Waals surface area contributed by atoms with Crippen molar-refractivity contribution in [1.29, 1.82) is 0 Å². The molecule has 0 saturated carbocycles. The maximum Gasteiger partial charge on any atom is 0.270 e. The van der Waals surface area contributed by atoms with Gasteiger partial charge in [0.05, 0.1) is 4.92 Å². The first-order chi connectivity index (χ1) is 14.3. The summed E-state index contributed by atoms with van der Waals surface area (Å²) in [5.41, 5.74) is 1.73. The smallest absolute Gasteiger partial charge is 0.270 e. The van der Waals surface area contributed by atoms with E-state index in [1.54, 1.807) is 6.92 Å². The Balaban J connectivity index is 1.55. The van der Waals surface area contributed by atoms with Crippen molar-refractivity contribution in [2.45, 2.75) is 32.7 Å². The zero-order valence-corrected chi connectivity index (χ0v) is 17.1. The highest BCUT2D eigenvalue weighted by atomic mass is 16.6. The Bertz CT molecular complexity index is 921. The summed E-state index contributed by atoms with van der Waals surface area (Å²) in [4.78, 5) is 37.4. The Morgan fingerprint density at radius 3 is 2.43 bits per heavy atom. The highest BCUT2D eigenvalue weighted by Crippen LogP contribution is 2.24. The molecule has 1 atom stereocenters. The van der Waals surface area contributed by atoms with E-state index in [0.29, 0.717) is 5.69 Å². The molecule has 3 rings (SSSR count).